The topological polar surface area (TPSA) is 67.2 Å². The van der Waals surface area contributed by atoms with E-state index in [1.54, 1.807) is 0 Å². The number of carbonyl (C=O) groups excluding carboxylic acids is 2. The van der Waals surface area contributed by atoms with Crippen LogP contribution in [-0.2, 0) is 0 Å². The molecule has 0 saturated carbocycles. The summed E-state index contributed by atoms with van der Waals surface area (Å²) in [5, 5.41) is 8.80. The van der Waals surface area contributed by atoms with E-state index < -0.39 is 0 Å². The minimum atomic E-state index is -0.383. The van der Waals surface area contributed by atoms with E-state index in [4.69, 9.17) is 21.6 Å². The van der Waals surface area contributed by atoms with Gasteiger partial charge in [0.25, 0.3) is 0 Å². The second-order valence-corrected chi connectivity index (χ2v) is 3.19. The maximum Gasteiger partial charge on any atom is 0.178 e. The first-order valence-corrected chi connectivity index (χ1v) is 4.87. The number of alkyl halides is 1. The highest BCUT2D eigenvalue weighted by molar-refractivity contribution is 6.31. The minimum Gasteiger partial charge on any atom is -0.495 e. The third-order valence-electron chi connectivity index (χ3n) is 2.04. The Labute approximate surface area is 97.4 Å². The normalized spacial score (nSPS) is 9.31. The van der Waals surface area contributed by atoms with Gasteiger partial charge in [-0.1, -0.05) is 0 Å². The van der Waals surface area contributed by atoms with Gasteiger partial charge >= 0.3 is 0 Å². The number of benzene rings is 1. The van der Waals surface area contributed by atoms with Crippen molar-refractivity contribution in [3.8, 4) is 11.8 Å². The van der Waals surface area contributed by atoms with Crippen molar-refractivity contribution in [3.63, 3.8) is 0 Å². The van der Waals surface area contributed by atoms with Gasteiger partial charge in [0.2, 0.25) is 0 Å². The van der Waals surface area contributed by atoms with Crippen LogP contribution in [0.3, 0.4) is 0 Å². The van der Waals surface area contributed by atoms with Crippen molar-refractivity contribution in [2.75, 3.05) is 13.0 Å². The van der Waals surface area contributed by atoms with Crippen molar-refractivity contribution in [2.24, 2.45) is 0 Å². The van der Waals surface area contributed by atoms with Crippen LogP contribution in [0.15, 0.2) is 12.1 Å². The molecule has 0 fully saturated rings. The number of halogens is 1. The standard InChI is InChI=1S/C11H8ClNO3/c1-16-11-3-9(10(15)4-12)8(6-14)2-7(11)5-13/h2-3,6H,4H2,1H3. The highest BCUT2D eigenvalue weighted by Crippen LogP contribution is 2.23. The van der Waals surface area contributed by atoms with Gasteiger partial charge in [0.15, 0.2) is 12.1 Å². The molecule has 5 heteroatoms. The van der Waals surface area contributed by atoms with Crippen molar-refractivity contribution < 1.29 is 14.3 Å². The molecular weight excluding hydrogens is 230 g/mol. The lowest BCUT2D eigenvalue weighted by atomic mass is 10.0. The van der Waals surface area contributed by atoms with Crippen LogP contribution in [-0.4, -0.2) is 25.1 Å². The number of ether oxygens (including phenoxy) is 1. The fourth-order valence-corrected chi connectivity index (χ4v) is 1.41. The summed E-state index contributed by atoms with van der Waals surface area (Å²) < 4.78 is 4.94. The number of ketones is 1. The first kappa shape index (κ1) is 12.2. The van der Waals surface area contributed by atoms with Crippen molar-refractivity contribution in [1.29, 1.82) is 5.26 Å². The molecule has 0 aliphatic rings. The second-order valence-electron chi connectivity index (χ2n) is 2.93. The van der Waals surface area contributed by atoms with Gasteiger partial charge in [-0.3, -0.25) is 9.59 Å². The molecule has 0 amide bonds. The SMILES string of the molecule is COc1cc(C(=O)CCl)c(C=O)cc1C#N. The van der Waals surface area contributed by atoms with Gasteiger partial charge in [-0.05, 0) is 12.1 Å². The molecule has 0 unspecified atom stereocenters. The summed E-state index contributed by atoms with van der Waals surface area (Å²) in [4.78, 5) is 22.2. The van der Waals surface area contributed by atoms with Crippen LogP contribution in [0.4, 0.5) is 0 Å². The van der Waals surface area contributed by atoms with Gasteiger partial charge in [0, 0.05) is 11.1 Å². The molecule has 0 aliphatic carbocycles. The van der Waals surface area contributed by atoms with Gasteiger partial charge in [-0.2, -0.15) is 5.26 Å². The summed E-state index contributed by atoms with van der Waals surface area (Å²) in [6.45, 7) is 0. The van der Waals surface area contributed by atoms with E-state index in [1.165, 1.54) is 19.2 Å². The van der Waals surface area contributed by atoms with E-state index in [-0.39, 0.29) is 34.1 Å². The Morgan fingerprint density at radius 1 is 1.62 bits per heavy atom. The van der Waals surface area contributed by atoms with E-state index in [9.17, 15) is 9.59 Å². The molecule has 0 radical (unpaired) electrons. The average Bonchev–Trinajstić information content (AvgIpc) is 2.35. The summed E-state index contributed by atoms with van der Waals surface area (Å²) in [6, 6.07) is 4.54. The van der Waals surface area contributed by atoms with Crippen LogP contribution in [0, 0.1) is 11.3 Å². The molecular formula is C11H8ClNO3. The molecule has 1 aromatic carbocycles. The molecule has 0 aliphatic heterocycles. The van der Waals surface area contributed by atoms with Gasteiger partial charge in [0.05, 0.1) is 18.6 Å². The zero-order valence-corrected chi connectivity index (χ0v) is 9.25. The van der Waals surface area contributed by atoms with E-state index in [0.717, 1.165) is 0 Å². The Bertz CT molecular complexity index is 477. The van der Waals surface area contributed by atoms with E-state index in [2.05, 4.69) is 0 Å². The molecule has 0 atom stereocenters. The summed E-state index contributed by atoms with van der Waals surface area (Å²) in [6.07, 6.45) is 0.514. The minimum absolute atomic E-state index is 0.142. The van der Waals surface area contributed by atoms with E-state index in [0.29, 0.717) is 6.29 Å². The lowest BCUT2D eigenvalue weighted by Crippen LogP contribution is -2.06. The van der Waals surface area contributed by atoms with Crippen LogP contribution in [0.5, 0.6) is 5.75 Å². The first-order chi connectivity index (χ1) is 7.67. The fourth-order valence-electron chi connectivity index (χ4n) is 1.26. The monoisotopic (exact) mass is 237 g/mol. The lowest BCUT2D eigenvalue weighted by molar-refractivity contribution is 0.101. The smallest absolute Gasteiger partial charge is 0.178 e. The molecule has 0 bridgehead atoms. The van der Waals surface area contributed by atoms with Gasteiger partial charge in [-0.15, -0.1) is 11.6 Å². The molecule has 82 valence electrons. The predicted octanol–water partition coefficient (Wildman–Crippen LogP) is 1.80. The highest BCUT2D eigenvalue weighted by Gasteiger charge is 2.14. The van der Waals surface area contributed by atoms with Crippen molar-refractivity contribution in [3.05, 3.63) is 28.8 Å². The molecule has 1 rings (SSSR count). The van der Waals surface area contributed by atoms with Crippen molar-refractivity contribution >= 4 is 23.7 Å². The fraction of sp³-hybridized carbons (Fsp3) is 0.182. The average molecular weight is 238 g/mol. The number of Topliss-reactive ketones (excluding diaryl/α,β-unsaturated/α-hetero) is 1. The number of nitrogens with zero attached hydrogens (tertiary/aromatic N) is 1. The Kier molecular flexibility index (Phi) is 4.03. The van der Waals surface area contributed by atoms with Gasteiger partial charge in [-0.25, -0.2) is 0 Å². The Morgan fingerprint density at radius 2 is 2.31 bits per heavy atom. The Balaban J connectivity index is 3.44. The molecule has 0 saturated heterocycles. The summed E-state index contributed by atoms with van der Waals surface area (Å²) in [5.41, 5.74) is 0.513. The number of hydrogen-bond donors (Lipinski definition) is 0. The number of carbonyl (C=O) groups is 2. The maximum atomic E-state index is 11.4. The summed E-state index contributed by atoms with van der Waals surface area (Å²) >= 11 is 5.41. The van der Waals surface area contributed by atoms with Gasteiger partial charge in [0.1, 0.15) is 11.8 Å². The number of rotatable bonds is 4. The van der Waals surface area contributed by atoms with Crippen molar-refractivity contribution in [2.45, 2.75) is 0 Å². The van der Waals surface area contributed by atoms with Gasteiger partial charge < -0.3 is 4.74 Å². The molecule has 1 aromatic rings. The third kappa shape index (κ3) is 2.20. The third-order valence-corrected chi connectivity index (χ3v) is 2.28. The van der Waals surface area contributed by atoms with Crippen LogP contribution >= 0.6 is 11.6 Å². The lowest BCUT2D eigenvalue weighted by Gasteiger charge is -2.07. The van der Waals surface area contributed by atoms with Crippen LogP contribution in [0.2, 0.25) is 0 Å². The largest absolute Gasteiger partial charge is 0.495 e. The molecule has 0 aromatic heterocycles. The number of methoxy groups -OCH3 is 1. The van der Waals surface area contributed by atoms with E-state index >= 15 is 0 Å². The molecule has 4 nitrogen and oxygen atoms in total. The van der Waals surface area contributed by atoms with Crippen LogP contribution in [0.25, 0.3) is 0 Å². The highest BCUT2D eigenvalue weighted by atomic mass is 35.5. The zero-order chi connectivity index (χ0) is 12.1. The summed E-state index contributed by atoms with van der Waals surface area (Å²) in [7, 11) is 1.38. The first-order valence-electron chi connectivity index (χ1n) is 4.34. The number of hydrogen-bond acceptors (Lipinski definition) is 4. The quantitative estimate of drug-likeness (QED) is 0.455. The molecule has 16 heavy (non-hydrogen) atoms. The number of nitriles is 1. The maximum absolute atomic E-state index is 11.4. The second kappa shape index (κ2) is 5.29. The van der Waals surface area contributed by atoms with Crippen molar-refractivity contribution in [1.82, 2.24) is 0 Å². The van der Waals surface area contributed by atoms with Crippen LogP contribution < -0.4 is 4.74 Å². The summed E-state index contributed by atoms with van der Waals surface area (Å²) in [5.74, 6) is -0.358. The predicted molar refractivity (Wildman–Crippen MR) is 58.1 cm³/mol. The number of aldehydes is 1. The van der Waals surface area contributed by atoms with E-state index in [1.807, 2.05) is 6.07 Å². The molecule has 0 N–H and O–H groups in total. The Hall–Kier alpha value is -1.86. The molecule has 0 heterocycles. The van der Waals surface area contributed by atoms with Crippen LogP contribution in [0.1, 0.15) is 26.3 Å². The zero-order valence-electron chi connectivity index (χ0n) is 8.49. The Morgan fingerprint density at radius 3 is 2.75 bits per heavy atom. The molecule has 0 spiro atoms.